The highest BCUT2D eigenvalue weighted by Gasteiger charge is 2.16. The first kappa shape index (κ1) is 11.2. The minimum atomic E-state index is -0.334. The molecule has 0 fully saturated rings. The number of nitrogens with zero attached hydrogens (tertiary/aromatic N) is 1. The molecule has 0 radical (unpaired) electrons. The molecule has 0 heterocycles. The van der Waals surface area contributed by atoms with E-state index >= 15 is 0 Å². The third-order valence-electron chi connectivity index (χ3n) is 3.01. The predicted molar refractivity (Wildman–Crippen MR) is 75.8 cm³/mol. The van der Waals surface area contributed by atoms with Crippen LogP contribution in [0.3, 0.4) is 0 Å². The van der Waals surface area contributed by atoms with Crippen LogP contribution in [-0.2, 0) is 0 Å². The molecule has 0 aliphatic carbocycles. The number of halogens is 1. The molecule has 0 saturated carbocycles. The van der Waals surface area contributed by atoms with Crippen LogP contribution in [-0.4, -0.2) is 4.92 Å². The second-order valence-electron chi connectivity index (χ2n) is 4.04. The van der Waals surface area contributed by atoms with E-state index in [4.69, 9.17) is 0 Å². The molecule has 4 heteroatoms. The molecule has 0 bridgehead atoms. The molecule has 0 aromatic heterocycles. The van der Waals surface area contributed by atoms with Crippen molar-refractivity contribution in [2.45, 2.75) is 0 Å². The molecule has 0 spiro atoms. The average Bonchev–Trinajstić information content (AvgIpc) is 2.38. The number of nitro benzene ring substituents is 1. The number of benzene rings is 3. The number of non-ortho nitro benzene ring substituents is 1. The molecule has 3 nitrogen and oxygen atoms in total. The summed E-state index contributed by atoms with van der Waals surface area (Å²) in [5.74, 6) is 0. The summed E-state index contributed by atoms with van der Waals surface area (Å²) in [6.45, 7) is 0. The number of nitro groups is 1. The molecule has 0 N–H and O–H groups in total. The Bertz CT molecular complexity index is 783. The molecule has 18 heavy (non-hydrogen) atoms. The zero-order chi connectivity index (χ0) is 12.7. The summed E-state index contributed by atoms with van der Waals surface area (Å²) in [5.41, 5.74) is 0.135. The quantitative estimate of drug-likeness (QED) is 0.372. The summed E-state index contributed by atoms with van der Waals surface area (Å²) in [4.78, 5) is 10.9. The van der Waals surface area contributed by atoms with Gasteiger partial charge in [0.05, 0.1) is 10.3 Å². The highest BCUT2D eigenvalue weighted by atomic mass is 79.9. The van der Waals surface area contributed by atoms with Crippen molar-refractivity contribution in [1.82, 2.24) is 0 Å². The first-order valence-electron chi connectivity index (χ1n) is 5.43. The number of hydrogen-bond acceptors (Lipinski definition) is 2. The van der Waals surface area contributed by atoms with Crippen molar-refractivity contribution in [1.29, 1.82) is 0 Å². The van der Waals surface area contributed by atoms with E-state index in [9.17, 15) is 10.1 Å². The maximum absolute atomic E-state index is 11.2. The van der Waals surface area contributed by atoms with E-state index in [0.717, 1.165) is 20.6 Å². The minimum Gasteiger partial charge on any atom is -0.258 e. The van der Waals surface area contributed by atoms with Gasteiger partial charge in [-0.15, -0.1) is 0 Å². The van der Waals surface area contributed by atoms with Crippen LogP contribution in [0.1, 0.15) is 0 Å². The third kappa shape index (κ3) is 1.57. The normalized spacial score (nSPS) is 10.9. The zero-order valence-electron chi connectivity index (χ0n) is 9.26. The third-order valence-corrected chi connectivity index (χ3v) is 3.67. The van der Waals surface area contributed by atoms with E-state index in [1.165, 1.54) is 0 Å². The summed E-state index contributed by atoms with van der Waals surface area (Å²) in [6.07, 6.45) is 0. The van der Waals surface area contributed by atoms with Gasteiger partial charge < -0.3 is 0 Å². The van der Waals surface area contributed by atoms with Gasteiger partial charge in [0.25, 0.3) is 5.69 Å². The van der Waals surface area contributed by atoms with Crippen LogP contribution in [0, 0.1) is 10.1 Å². The highest BCUT2D eigenvalue weighted by molar-refractivity contribution is 9.10. The van der Waals surface area contributed by atoms with Crippen molar-refractivity contribution in [2.24, 2.45) is 0 Å². The maximum atomic E-state index is 11.2. The largest absolute Gasteiger partial charge is 0.278 e. The molecule has 88 valence electrons. The molecule has 3 aromatic rings. The molecule has 0 amide bonds. The van der Waals surface area contributed by atoms with E-state index in [1.807, 2.05) is 42.5 Å². The van der Waals surface area contributed by atoms with Crippen LogP contribution >= 0.6 is 15.9 Å². The van der Waals surface area contributed by atoms with Crippen LogP contribution in [0.4, 0.5) is 5.69 Å². The van der Waals surface area contributed by atoms with Crippen molar-refractivity contribution in [3.63, 3.8) is 0 Å². The van der Waals surface area contributed by atoms with Crippen LogP contribution in [0.15, 0.2) is 53.0 Å². The molecule has 0 aliphatic heterocycles. The second kappa shape index (κ2) is 4.07. The fraction of sp³-hybridized carbons (Fsp3) is 0. The Hall–Kier alpha value is -1.94. The van der Waals surface area contributed by atoms with Gasteiger partial charge >= 0.3 is 0 Å². The monoisotopic (exact) mass is 301 g/mol. The Morgan fingerprint density at radius 1 is 1.00 bits per heavy atom. The Morgan fingerprint density at radius 2 is 1.72 bits per heavy atom. The lowest BCUT2D eigenvalue weighted by atomic mass is 10.0. The summed E-state index contributed by atoms with van der Waals surface area (Å²) >= 11 is 3.40. The summed E-state index contributed by atoms with van der Waals surface area (Å²) in [5, 5.41) is 14.7. The number of fused-ring (bicyclic) bond motifs is 3. The number of rotatable bonds is 1. The lowest BCUT2D eigenvalue weighted by molar-refractivity contribution is -0.383. The first-order chi connectivity index (χ1) is 8.68. The lowest BCUT2D eigenvalue weighted by Gasteiger charge is -2.06. The van der Waals surface area contributed by atoms with Gasteiger partial charge in [-0.2, -0.15) is 0 Å². The van der Waals surface area contributed by atoms with Gasteiger partial charge in [-0.25, -0.2) is 0 Å². The molecule has 0 aliphatic rings. The Balaban J connectivity index is 2.63. The van der Waals surface area contributed by atoms with Crippen LogP contribution in [0.25, 0.3) is 21.5 Å². The van der Waals surface area contributed by atoms with E-state index in [2.05, 4.69) is 15.9 Å². The summed E-state index contributed by atoms with van der Waals surface area (Å²) in [7, 11) is 0. The minimum absolute atomic E-state index is 0.135. The molecule has 3 rings (SSSR count). The Morgan fingerprint density at radius 3 is 2.50 bits per heavy atom. The zero-order valence-corrected chi connectivity index (χ0v) is 10.8. The van der Waals surface area contributed by atoms with Gasteiger partial charge in [0, 0.05) is 10.5 Å². The average molecular weight is 302 g/mol. The molecular formula is C14H8BrNO2. The second-order valence-corrected chi connectivity index (χ2v) is 4.89. The van der Waals surface area contributed by atoms with Gasteiger partial charge in [0.15, 0.2) is 0 Å². The van der Waals surface area contributed by atoms with Crippen LogP contribution in [0.5, 0.6) is 0 Å². The molecule has 0 saturated heterocycles. The maximum Gasteiger partial charge on any atom is 0.278 e. The molecule has 3 aromatic carbocycles. The first-order valence-corrected chi connectivity index (χ1v) is 6.22. The van der Waals surface area contributed by atoms with Gasteiger partial charge in [-0.05, 0) is 38.2 Å². The molecule has 0 unspecified atom stereocenters. The van der Waals surface area contributed by atoms with E-state index in [-0.39, 0.29) is 10.6 Å². The van der Waals surface area contributed by atoms with Crippen molar-refractivity contribution < 1.29 is 4.92 Å². The number of hydrogen-bond donors (Lipinski definition) is 0. The predicted octanol–water partition coefficient (Wildman–Crippen LogP) is 4.66. The molecular weight excluding hydrogens is 294 g/mol. The fourth-order valence-corrected chi connectivity index (χ4v) is 2.81. The van der Waals surface area contributed by atoms with E-state index < -0.39 is 0 Å². The van der Waals surface area contributed by atoms with E-state index in [0.29, 0.717) is 5.39 Å². The van der Waals surface area contributed by atoms with Gasteiger partial charge in [-0.3, -0.25) is 10.1 Å². The molecule has 0 atom stereocenters. The highest BCUT2D eigenvalue weighted by Crippen LogP contribution is 2.37. The van der Waals surface area contributed by atoms with Crippen molar-refractivity contribution in [3.05, 3.63) is 63.1 Å². The van der Waals surface area contributed by atoms with Crippen LogP contribution < -0.4 is 0 Å². The van der Waals surface area contributed by atoms with Gasteiger partial charge in [-0.1, -0.05) is 36.4 Å². The van der Waals surface area contributed by atoms with Crippen molar-refractivity contribution in [2.75, 3.05) is 0 Å². The van der Waals surface area contributed by atoms with Gasteiger partial charge in [0.1, 0.15) is 0 Å². The van der Waals surface area contributed by atoms with Crippen molar-refractivity contribution in [3.8, 4) is 0 Å². The summed E-state index contributed by atoms with van der Waals surface area (Å²) < 4.78 is 0.748. The topological polar surface area (TPSA) is 43.1 Å². The van der Waals surface area contributed by atoms with Gasteiger partial charge in [0.2, 0.25) is 0 Å². The SMILES string of the molecule is O=[N+]([O-])c1cc2ccccc2c2cccc(Br)c12. The van der Waals surface area contributed by atoms with E-state index in [1.54, 1.807) is 6.07 Å². The lowest BCUT2D eigenvalue weighted by Crippen LogP contribution is -1.91. The van der Waals surface area contributed by atoms with Crippen LogP contribution in [0.2, 0.25) is 0 Å². The Labute approximate surface area is 111 Å². The fourth-order valence-electron chi connectivity index (χ4n) is 2.24. The standard InChI is InChI=1S/C14H8BrNO2/c15-12-7-3-6-11-10-5-2-1-4-9(10)8-13(14(11)12)16(17)18/h1-8H. The smallest absolute Gasteiger partial charge is 0.258 e. The summed E-state index contributed by atoms with van der Waals surface area (Å²) in [6, 6.07) is 14.9. The van der Waals surface area contributed by atoms with Crippen molar-refractivity contribution >= 4 is 43.2 Å². The Kier molecular flexibility index (Phi) is 2.52.